The molecule has 3 heterocycles. The standard InChI is InChI=1S/C28H36FN3O4/c1-34-14-3-11-30-21-10-12-31(18-21)27-8-5-22(17-26(27)29)32-13-9-20-16-23(6-7-25(20)28(32)33)36-19-24-4-2-15-35-24/h5-8,16-17,21,24,30H,2-4,9-15,18-19H2,1H3/t21-,24+/m1/s1. The largest absolute Gasteiger partial charge is 0.491 e. The minimum absolute atomic E-state index is 0.101. The maximum atomic E-state index is 15.2. The van der Waals surface area contributed by atoms with E-state index in [0.29, 0.717) is 42.6 Å². The fraction of sp³-hybridized carbons (Fsp3) is 0.536. The van der Waals surface area contributed by atoms with Crippen LogP contribution < -0.4 is 19.9 Å². The Hall–Kier alpha value is -2.68. The molecule has 0 aromatic heterocycles. The molecule has 1 N–H and O–H groups in total. The number of anilines is 2. The Morgan fingerprint density at radius 3 is 2.89 bits per heavy atom. The van der Waals surface area contributed by atoms with Crippen molar-refractivity contribution in [2.75, 3.05) is 62.9 Å². The summed E-state index contributed by atoms with van der Waals surface area (Å²) in [7, 11) is 1.71. The molecule has 0 radical (unpaired) electrons. The molecule has 7 nitrogen and oxygen atoms in total. The van der Waals surface area contributed by atoms with Crippen LogP contribution in [0.15, 0.2) is 36.4 Å². The number of rotatable bonds is 10. The number of hydrogen-bond donors (Lipinski definition) is 1. The summed E-state index contributed by atoms with van der Waals surface area (Å²) >= 11 is 0. The molecule has 2 aromatic rings. The van der Waals surface area contributed by atoms with Crippen LogP contribution in [0.25, 0.3) is 0 Å². The number of halogens is 1. The molecule has 8 heteroatoms. The normalized spacial score (nSPS) is 21.8. The smallest absolute Gasteiger partial charge is 0.258 e. The molecular formula is C28H36FN3O4. The van der Waals surface area contributed by atoms with E-state index in [-0.39, 0.29) is 17.8 Å². The minimum atomic E-state index is -0.288. The van der Waals surface area contributed by atoms with Gasteiger partial charge in [-0.25, -0.2) is 4.39 Å². The molecule has 2 fully saturated rings. The Kier molecular flexibility index (Phi) is 8.04. The van der Waals surface area contributed by atoms with Crippen molar-refractivity contribution in [3.8, 4) is 5.75 Å². The zero-order chi connectivity index (χ0) is 24.9. The molecule has 2 saturated heterocycles. The van der Waals surface area contributed by atoms with Gasteiger partial charge in [-0.05, 0) is 80.6 Å². The third-order valence-electron chi connectivity index (χ3n) is 7.35. The SMILES string of the molecule is COCCCN[C@@H]1CCN(c2ccc(N3CCc4cc(OC[C@@H]5CCCO5)ccc4C3=O)cc2F)C1. The minimum Gasteiger partial charge on any atom is -0.491 e. The van der Waals surface area contributed by atoms with Crippen LogP contribution in [0.2, 0.25) is 0 Å². The highest BCUT2D eigenvalue weighted by atomic mass is 19.1. The van der Waals surface area contributed by atoms with Crippen molar-refractivity contribution < 1.29 is 23.4 Å². The number of fused-ring (bicyclic) bond motifs is 1. The lowest BCUT2D eigenvalue weighted by Gasteiger charge is -2.30. The molecule has 1 amide bonds. The highest BCUT2D eigenvalue weighted by Gasteiger charge is 2.28. The second-order valence-electron chi connectivity index (χ2n) is 9.84. The van der Waals surface area contributed by atoms with E-state index in [9.17, 15) is 4.79 Å². The van der Waals surface area contributed by atoms with Crippen LogP contribution in [0, 0.1) is 5.82 Å². The molecule has 0 unspecified atom stereocenters. The molecule has 0 spiro atoms. The molecule has 2 atom stereocenters. The van der Waals surface area contributed by atoms with Gasteiger partial charge in [0.15, 0.2) is 0 Å². The summed E-state index contributed by atoms with van der Waals surface area (Å²) in [4.78, 5) is 17.0. The first-order valence-corrected chi connectivity index (χ1v) is 13.1. The van der Waals surface area contributed by atoms with Gasteiger partial charge in [-0.2, -0.15) is 0 Å². The number of carbonyl (C=O) groups is 1. The van der Waals surface area contributed by atoms with Crippen molar-refractivity contribution in [1.82, 2.24) is 5.32 Å². The van der Waals surface area contributed by atoms with E-state index in [0.717, 1.165) is 69.8 Å². The second kappa shape index (κ2) is 11.6. The van der Waals surface area contributed by atoms with Crippen LogP contribution in [-0.2, 0) is 15.9 Å². The summed E-state index contributed by atoms with van der Waals surface area (Å²) in [6, 6.07) is 11.1. The van der Waals surface area contributed by atoms with E-state index in [4.69, 9.17) is 14.2 Å². The lowest BCUT2D eigenvalue weighted by atomic mass is 9.98. The van der Waals surface area contributed by atoms with Crippen LogP contribution in [0.1, 0.15) is 41.6 Å². The van der Waals surface area contributed by atoms with Crippen molar-refractivity contribution in [2.24, 2.45) is 0 Å². The number of ether oxygens (including phenoxy) is 3. The van der Waals surface area contributed by atoms with Crippen LogP contribution in [-0.4, -0.2) is 71.2 Å². The van der Waals surface area contributed by atoms with E-state index < -0.39 is 0 Å². The van der Waals surface area contributed by atoms with Crippen LogP contribution in [0.5, 0.6) is 5.75 Å². The fourth-order valence-corrected chi connectivity index (χ4v) is 5.35. The summed E-state index contributed by atoms with van der Waals surface area (Å²) in [5.74, 6) is 0.373. The van der Waals surface area contributed by atoms with Gasteiger partial charge < -0.3 is 29.3 Å². The predicted molar refractivity (Wildman–Crippen MR) is 138 cm³/mol. The molecule has 0 saturated carbocycles. The Balaban J connectivity index is 1.20. The predicted octanol–water partition coefficient (Wildman–Crippen LogP) is 3.79. The Morgan fingerprint density at radius 2 is 2.08 bits per heavy atom. The average molecular weight is 498 g/mol. The Morgan fingerprint density at radius 1 is 1.17 bits per heavy atom. The van der Waals surface area contributed by atoms with Crippen molar-refractivity contribution in [1.29, 1.82) is 0 Å². The quantitative estimate of drug-likeness (QED) is 0.504. The van der Waals surface area contributed by atoms with Gasteiger partial charge in [-0.1, -0.05) is 0 Å². The van der Waals surface area contributed by atoms with Gasteiger partial charge in [0.2, 0.25) is 0 Å². The van der Waals surface area contributed by atoms with Gasteiger partial charge in [0, 0.05) is 57.3 Å². The highest BCUT2D eigenvalue weighted by Crippen LogP contribution is 2.31. The molecule has 3 aliphatic rings. The zero-order valence-electron chi connectivity index (χ0n) is 21.0. The Bertz CT molecular complexity index is 1060. The van der Waals surface area contributed by atoms with Gasteiger partial charge in [0.1, 0.15) is 18.2 Å². The number of methoxy groups -OCH3 is 1. The third kappa shape index (κ3) is 5.66. The van der Waals surface area contributed by atoms with Gasteiger partial charge >= 0.3 is 0 Å². The summed E-state index contributed by atoms with van der Waals surface area (Å²) in [6.45, 7) is 5.07. The lowest BCUT2D eigenvalue weighted by Crippen LogP contribution is -2.37. The third-order valence-corrected chi connectivity index (χ3v) is 7.35. The highest BCUT2D eigenvalue weighted by molar-refractivity contribution is 6.08. The molecule has 0 bridgehead atoms. The van der Waals surface area contributed by atoms with Crippen LogP contribution >= 0.6 is 0 Å². The number of carbonyl (C=O) groups excluding carboxylic acids is 1. The molecule has 5 rings (SSSR count). The van der Waals surface area contributed by atoms with Crippen molar-refractivity contribution in [2.45, 2.75) is 44.2 Å². The number of hydrogen-bond acceptors (Lipinski definition) is 6. The van der Waals surface area contributed by atoms with Crippen molar-refractivity contribution in [3.63, 3.8) is 0 Å². The van der Waals surface area contributed by atoms with Crippen molar-refractivity contribution >= 4 is 17.3 Å². The maximum Gasteiger partial charge on any atom is 0.258 e. The Labute approximate surface area is 212 Å². The number of nitrogens with one attached hydrogen (secondary N) is 1. The van der Waals surface area contributed by atoms with E-state index in [1.165, 1.54) is 6.07 Å². The van der Waals surface area contributed by atoms with Gasteiger partial charge in [0.05, 0.1) is 11.8 Å². The topological polar surface area (TPSA) is 63.3 Å². The van der Waals surface area contributed by atoms with Crippen molar-refractivity contribution in [3.05, 3.63) is 53.3 Å². The summed E-state index contributed by atoms with van der Waals surface area (Å²) in [6.07, 6.45) is 4.90. The second-order valence-corrected chi connectivity index (χ2v) is 9.84. The fourth-order valence-electron chi connectivity index (χ4n) is 5.35. The maximum absolute atomic E-state index is 15.2. The van der Waals surface area contributed by atoms with Crippen LogP contribution in [0.4, 0.5) is 15.8 Å². The lowest BCUT2D eigenvalue weighted by molar-refractivity contribution is 0.0679. The van der Waals surface area contributed by atoms with Crippen LogP contribution in [0.3, 0.4) is 0 Å². The first-order chi connectivity index (χ1) is 17.6. The van der Waals surface area contributed by atoms with Gasteiger partial charge in [-0.15, -0.1) is 0 Å². The summed E-state index contributed by atoms with van der Waals surface area (Å²) in [5, 5.41) is 3.53. The number of benzene rings is 2. The molecule has 2 aromatic carbocycles. The molecular weight excluding hydrogens is 461 g/mol. The zero-order valence-corrected chi connectivity index (χ0v) is 21.0. The molecule has 194 valence electrons. The first kappa shape index (κ1) is 25.0. The van der Waals surface area contributed by atoms with Gasteiger partial charge in [0.25, 0.3) is 5.91 Å². The number of nitrogens with zero attached hydrogens (tertiary/aromatic N) is 2. The molecule has 36 heavy (non-hydrogen) atoms. The average Bonchev–Trinajstić information content (AvgIpc) is 3.58. The van der Waals surface area contributed by atoms with E-state index >= 15 is 4.39 Å². The van der Waals surface area contributed by atoms with E-state index in [1.807, 2.05) is 30.3 Å². The molecule has 3 aliphatic heterocycles. The first-order valence-electron chi connectivity index (χ1n) is 13.1. The van der Waals surface area contributed by atoms with E-state index in [2.05, 4.69) is 10.2 Å². The monoisotopic (exact) mass is 497 g/mol. The summed E-state index contributed by atoms with van der Waals surface area (Å²) in [5.41, 5.74) is 2.81. The molecule has 0 aliphatic carbocycles. The number of amides is 1. The van der Waals surface area contributed by atoms with Gasteiger partial charge in [-0.3, -0.25) is 4.79 Å². The van der Waals surface area contributed by atoms with E-state index in [1.54, 1.807) is 12.0 Å². The summed E-state index contributed by atoms with van der Waals surface area (Å²) < 4.78 is 31.8.